The lowest BCUT2D eigenvalue weighted by atomic mass is 9.88. The zero-order valence-electron chi connectivity index (χ0n) is 13.3. The van der Waals surface area contributed by atoms with Crippen LogP contribution in [0.25, 0.3) is 11.0 Å². The molecule has 0 spiro atoms. The highest BCUT2D eigenvalue weighted by Crippen LogP contribution is 2.28. The first-order valence-electron chi connectivity index (χ1n) is 8.16. The Bertz CT molecular complexity index is 827. The van der Waals surface area contributed by atoms with E-state index in [1.807, 2.05) is 18.2 Å². The van der Waals surface area contributed by atoms with Crippen LogP contribution in [0.15, 0.2) is 59.0 Å². The van der Waals surface area contributed by atoms with Gasteiger partial charge in [0, 0.05) is 42.9 Å². The zero-order chi connectivity index (χ0) is 16.5. The number of para-hydroxylation sites is 1. The number of benzene rings is 2. The minimum absolute atomic E-state index is 0.181. The Hall–Kier alpha value is -2.44. The monoisotopic (exact) mass is 322 g/mol. The van der Waals surface area contributed by atoms with Crippen LogP contribution < -0.4 is 15.5 Å². The molecule has 1 aliphatic heterocycles. The molecule has 3 aromatic rings. The molecular weight excluding hydrogens is 303 g/mol. The maximum absolute atomic E-state index is 9.33. The van der Waals surface area contributed by atoms with Crippen molar-refractivity contribution in [1.29, 1.82) is 0 Å². The summed E-state index contributed by atoms with van der Waals surface area (Å²) in [4.78, 5) is 4.71. The van der Waals surface area contributed by atoms with Crippen molar-refractivity contribution in [2.75, 3.05) is 36.0 Å². The molecule has 0 radical (unpaired) electrons. The molecule has 4 rings (SSSR count). The van der Waals surface area contributed by atoms with Crippen molar-refractivity contribution in [2.45, 2.75) is 0 Å². The van der Waals surface area contributed by atoms with Crippen LogP contribution in [0, 0.1) is 0 Å². The van der Waals surface area contributed by atoms with Gasteiger partial charge in [0.1, 0.15) is 11.2 Å². The lowest BCUT2D eigenvalue weighted by molar-refractivity contribution is 0.412. The van der Waals surface area contributed by atoms with E-state index in [4.69, 9.17) is 4.42 Å². The molecule has 0 aliphatic carbocycles. The molecule has 0 unspecified atom stereocenters. The predicted molar refractivity (Wildman–Crippen MR) is 96.9 cm³/mol. The normalized spacial score (nSPS) is 15.1. The van der Waals surface area contributed by atoms with Gasteiger partial charge in [0.25, 0.3) is 0 Å². The van der Waals surface area contributed by atoms with Crippen LogP contribution in [0.4, 0.5) is 11.4 Å². The van der Waals surface area contributed by atoms with Crippen LogP contribution in [0.1, 0.15) is 0 Å². The molecular formula is C18H19BN2O3. The minimum atomic E-state index is -1.58. The molecule has 2 aromatic carbocycles. The molecule has 0 amide bonds. The molecule has 0 bridgehead atoms. The van der Waals surface area contributed by atoms with Gasteiger partial charge in [-0.2, -0.15) is 0 Å². The van der Waals surface area contributed by atoms with Gasteiger partial charge in [-0.05, 0) is 30.3 Å². The molecule has 2 heterocycles. The van der Waals surface area contributed by atoms with Gasteiger partial charge in [0.05, 0.1) is 0 Å². The first-order chi connectivity index (χ1) is 11.7. The van der Waals surface area contributed by atoms with Gasteiger partial charge in [0.2, 0.25) is 0 Å². The quantitative estimate of drug-likeness (QED) is 0.715. The topological polar surface area (TPSA) is 60.1 Å². The average Bonchev–Trinajstić information content (AvgIpc) is 3.07. The molecule has 1 aromatic heterocycles. The van der Waals surface area contributed by atoms with Crippen molar-refractivity contribution in [1.82, 2.24) is 0 Å². The second kappa shape index (κ2) is 6.22. The van der Waals surface area contributed by atoms with Gasteiger partial charge in [-0.15, -0.1) is 0 Å². The Balaban J connectivity index is 1.56. The molecule has 0 saturated carbocycles. The van der Waals surface area contributed by atoms with E-state index < -0.39 is 7.12 Å². The Labute approximate surface area is 140 Å². The van der Waals surface area contributed by atoms with Gasteiger partial charge in [-0.25, -0.2) is 0 Å². The number of furan rings is 1. The van der Waals surface area contributed by atoms with Crippen molar-refractivity contribution < 1.29 is 14.5 Å². The number of rotatable bonds is 3. The first-order valence-corrected chi connectivity index (χ1v) is 8.16. The number of piperazine rings is 1. The highest BCUT2D eigenvalue weighted by atomic mass is 16.4. The molecule has 5 nitrogen and oxygen atoms in total. The molecule has 122 valence electrons. The maximum atomic E-state index is 9.33. The molecule has 1 fully saturated rings. The third kappa shape index (κ3) is 2.74. The second-order valence-electron chi connectivity index (χ2n) is 6.02. The van der Waals surface area contributed by atoms with Crippen LogP contribution in [-0.2, 0) is 0 Å². The fourth-order valence-electron chi connectivity index (χ4n) is 3.31. The van der Waals surface area contributed by atoms with Gasteiger partial charge in [-0.3, -0.25) is 0 Å². The summed E-state index contributed by atoms with van der Waals surface area (Å²) in [6.07, 6.45) is 0. The summed E-state index contributed by atoms with van der Waals surface area (Å²) in [6, 6.07) is 18.0. The van der Waals surface area contributed by atoms with E-state index in [-0.39, 0.29) is 5.66 Å². The fourth-order valence-corrected chi connectivity index (χ4v) is 3.31. The van der Waals surface area contributed by atoms with Gasteiger partial charge >= 0.3 is 7.12 Å². The SMILES string of the molecule is OB(O)c1cc2c(N3CCN(c4ccccc4)CC3)cccc2o1. The summed E-state index contributed by atoms with van der Waals surface area (Å²) in [5.74, 6) is 0. The third-order valence-electron chi connectivity index (χ3n) is 4.55. The lowest BCUT2D eigenvalue weighted by Crippen LogP contribution is -2.46. The summed E-state index contributed by atoms with van der Waals surface area (Å²) in [5, 5.41) is 19.6. The van der Waals surface area contributed by atoms with Crippen LogP contribution in [0.2, 0.25) is 0 Å². The van der Waals surface area contributed by atoms with E-state index >= 15 is 0 Å². The standard InChI is InChI=1S/C18H19BN2O3/c22-19(23)18-13-15-16(7-4-8-17(15)24-18)21-11-9-20(10-12-21)14-5-2-1-3-6-14/h1-8,13,22-23H,9-12H2. The molecule has 24 heavy (non-hydrogen) atoms. The Morgan fingerprint density at radius 3 is 2.25 bits per heavy atom. The summed E-state index contributed by atoms with van der Waals surface area (Å²) in [6.45, 7) is 3.73. The number of nitrogens with zero attached hydrogens (tertiary/aromatic N) is 2. The van der Waals surface area contributed by atoms with Gasteiger partial charge < -0.3 is 24.3 Å². The second-order valence-corrected chi connectivity index (χ2v) is 6.02. The van der Waals surface area contributed by atoms with Crippen LogP contribution in [0.3, 0.4) is 0 Å². The van der Waals surface area contributed by atoms with E-state index in [0.717, 1.165) is 37.3 Å². The Morgan fingerprint density at radius 1 is 0.833 bits per heavy atom. The smallest absolute Gasteiger partial charge is 0.465 e. The largest absolute Gasteiger partial charge is 0.526 e. The zero-order valence-corrected chi connectivity index (χ0v) is 13.3. The summed E-state index contributed by atoms with van der Waals surface area (Å²) in [5.41, 5.74) is 3.20. The van der Waals surface area contributed by atoms with Crippen LogP contribution in [-0.4, -0.2) is 43.3 Å². The average molecular weight is 322 g/mol. The van der Waals surface area contributed by atoms with Crippen LogP contribution >= 0.6 is 0 Å². The summed E-state index contributed by atoms with van der Waals surface area (Å²) < 4.78 is 5.51. The molecule has 1 aliphatic rings. The summed E-state index contributed by atoms with van der Waals surface area (Å²) >= 11 is 0. The lowest BCUT2D eigenvalue weighted by Gasteiger charge is -2.37. The number of fused-ring (bicyclic) bond motifs is 1. The Morgan fingerprint density at radius 2 is 1.54 bits per heavy atom. The Kier molecular flexibility index (Phi) is 3.92. The predicted octanol–water partition coefficient (Wildman–Crippen LogP) is 1.44. The number of hydrogen-bond acceptors (Lipinski definition) is 5. The number of hydrogen-bond donors (Lipinski definition) is 2. The third-order valence-corrected chi connectivity index (χ3v) is 4.55. The van der Waals surface area contributed by atoms with E-state index in [0.29, 0.717) is 5.58 Å². The fraction of sp³-hybridized carbons (Fsp3) is 0.222. The molecule has 1 saturated heterocycles. The van der Waals surface area contributed by atoms with Gasteiger partial charge in [0.15, 0.2) is 0 Å². The summed E-state index contributed by atoms with van der Waals surface area (Å²) in [7, 11) is -1.58. The highest BCUT2D eigenvalue weighted by molar-refractivity contribution is 6.57. The highest BCUT2D eigenvalue weighted by Gasteiger charge is 2.22. The molecule has 0 atom stereocenters. The first kappa shape index (κ1) is 15.1. The van der Waals surface area contributed by atoms with E-state index in [1.54, 1.807) is 6.07 Å². The number of anilines is 2. The van der Waals surface area contributed by atoms with Crippen molar-refractivity contribution >= 4 is 35.1 Å². The van der Waals surface area contributed by atoms with E-state index in [9.17, 15) is 10.0 Å². The van der Waals surface area contributed by atoms with Crippen molar-refractivity contribution in [3.63, 3.8) is 0 Å². The van der Waals surface area contributed by atoms with Crippen molar-refractivity contribution in [3.05, 3.63) is 54.6 Å². The molecule has 6 heteroatoms. The van der Waals surface area contributed by atoms with E-state index in [1.165, 1.54) is 5.69 Å². The van der Waals surface area contributed by atoms with Crippen molar-refractivity contribution in [3.8, 4) is 0 Å². The van der Waals surface area contributed by atoms with Crippen LogP contribution in [0.5, 0.6) is 0 Å². The maximum Gasteiger partial charge on any atom is 0.526 e. The minimum Gasteiger partial charge on any atom is -0.465 e. The van der Waals surface area contributed by atoms with Gasteiger partial charge in [-0.1, -0.05) is 24.3 Å². The van der Waals surface area contributed by atoms with E-state index in [2.05, 4.69) is 40.1 Å². The van der Waals surface area contributed by atoms with Crippen molar-refractivity contribution in [2.24, 2.45) is 0 Å². The molecule has 2 N–H and O–H groups in total.